The fourth-order valence-electron chi connectivity index (χ4n) is 6.35. The van der Waals surface area contributed by atoms with Gasteiger partial charge in [0.15, 0.2) is 0 Å². The molecule has 3 fully saturated rings. The van der Waals surface area contributed by atoms with E-state index in [0.717, 1.165) is 68.6 Å². The van der Waals surface area contributed by atoms with E-state index >= 15 is 0 Å². The number of hydrogen-bond acceptors (Lipinski definition) is 4. The molecule has 176 valence electrons. The lowest BCUT2D eigenvalue weighted by Gasteiger charge is -2.40. The molecule has 2 saturated carbocycles. The molecule has 0 radical (unpaired) electrons. The minimum Gasteiger partial charge on any atom is -0.352 e. The molecule has 1 aromatic heterocycles. The fraction of sp³-hybridized carbons (Fsp3) is 0.731. The summed E-state index contributed by atoms with van der Waals surface area (Å²) in [5, 5.41) is 3.42. The van der Waals surface area contributed by atoms with Crippen LogP contribution in [-0.2, 0) is 4.79 Å². The van der Waals surface area contributed by atoms with Crippen LogP contribution in [0.4, 0.5) is 0 Å². The number of carbonyl (C=O) groups excluding carboxylic acids is 2. The number of aromatic nitrogens is 1. The molecular weight excluding hydrogens is 400 g/mol. The number of carbonyl (C=O) groups is 2. The summed E-state index contributed by atoms with van der Waals surface area (Å²) in [6, 6.07) is 4.57. The van der Waals surface area contributed by atoms with Crippen molar-refractivity contribution in [2.75, 3.05) is 27.2 Å². The maximum absolute atomic E-state index is 13.1. The minimum absolute atomic E-state index is 0.101. The predicted octanol–water partition coefficient (Wildman–Crippen LogP) is 3.71. The van der Waals surface area contributed by atoms with E-state index in [4.69, 9.17) is 0 Å². The monoisotopic (exact) mass is 440 g/mol. The lowest BCUT2D eigenvalue weighted by Crippen LogP contribution is -2.52. The number of rotatable bonds is 4. The number of likely N-dealkylation sites (N-methyl/N-ethyl adjacent to an activating group) is 1. The van der Waals surface area contributed by atoms with Crippen LogP contribution in [0, 0.1) is 25.2 Å². The zero-order valence-corrected chi connectivity index (χ0v) is 20.3. The number of amides is 2. The molecule has 3 aliphatic rings. The van der Waals surface area contributed by atoms with Gasteiger partial charge in [0, 0.05) is 36.8 Å². The molecule has 1 aliphatic heterocycles. The average Bonchev–Trinajstić information content (AvgIpc) is 3.18. The number of aryl methyl sites for hydroxylation is 2. The first kappa shape index (κ1) is 23.2. The molecule has 2 aliphatic carbocycles. The van der Waals surface area contributed by atoms with E-state index in [0.29, 0.717) is 6.04 Å². The third kappa shape index (κ3) is 4.85. The van der Waals surface area contributed by atoms with Gasteiger partial charge >= 0.3 is 0 Å². The number of nitrogens with one attached hydrogen (secondary N) is 1. The van der Waals surface area contributed by atoms with Gasteiger partial charge in [-0.2, -0.15) is 0 Å². The van der Waals surface area contributed by atoms with Crippen LogP contribution >= 0.6 is 0 Å². The third-order valence-electron chi connectivity index (χ3n) is 8.36. The number of pyridine rings is 1. The predicted molar refractivity (Wildman–Crippen MR) is 126 cm³/mol. The molecule has 0 bridgehead atoms. The molecule has 4 rings (SSSR count). The quantitative estimate of drug-likeness (QED) is 0.775. The molecule has 1 N–H and O–H groups in total. The average molecular weight is 441 g/mol. The molecule has 1 aromatic rings. The number of nitrogens with zero attached hydrogens (tertiary/aromatic N) is 3. The number of likely N-dealkylation sites (tertiary alicyclic amines) is 1. The van der Waals surface area contributed by atoms with E-state index in [2.05, 4.69) is 29.3 Å². The summed E-state index contributed by atoms with van der Waals surface area (Å²) in [6.45, 7) is 5.43. The third-order valence-corrected chi connectivity index (χ3v) is 8.36. The lowest BCUT2D eigenvalue weighted by molar-refractivity contribution is -0.126. The maximum Gasteiger partial charge on any atom is 0.255 e. The highest BCUT2D eigenvalue weighted by Gasteiger charge is 2.45. The van der Waals surface area contributed by atoms with Gasteiger partial charge < -0.3 is 15.1 Å². The van der Waals surface area contributed by atoms with Crippen molar-refractivity contribution < 1.29 is 9.59 Å². The first-order chi connectivity index (χ1) is 15.3. The molecule has 0 unspecified atom stereocenters. The SMILES string of the molecule is Cc1ccc(C(=O)N2CCC3(CC[C@H](C(=O)N[C@H]4CCCC[C@@H]4N(C)C)C3)CC2)c(C)n1. The highest BCUT2D eigenvalue weighted by Crippen LogP contribution is 2.49. The van der Waals surface area contributed by atoms with Crippen molar-refractivity contribution >= 4 is 11.8 Å². The van der Waals surface area contributed by atoms with Crippen molar-refractivity contribution in [2.24, 2.45) is 11.3 Å². The first-order valence-electron chi connectivity index (χ1n) is 12.5. The number of hydrogen-bond donors (Lipinski definition) is 1. The fourth-order valence-corrected chi connectivity index (χ4v) is 6.35. The minimum atomic E-state index is 0.101. The summed E-state index contributed by atoms with van der Waals surface area (Å²) < 4.78 is 0. The summed E-state index contributed by atoms with van der Waals surface area (Å²) in [5.74, 6) is 0.496. The van der Waals surface area contributed by atoms with Crippen LogP contribution in [0.1, 0.15) is 79.5 Å². The maximum atomic E-state index is 13.1. The summed E-state index contributed by atoms with van der Waals surface area (Å²) in [6.07, 6.45) is 9.82. The molecule has 2 heterocycles. The highest BCUT2D eigenvalue weighted by molar-refractivity contribution is 5.95. The lowest BCUT2D eigenvalue weighted by atomic mass is 9.76. The van der Waals surface area contributed by atoms with E-state index < -0.39 is 0 Å². The van der Waals surface area contributed by atoms with Gasteiger partial charge in [-0.25, -0.2) is 0 Å². The summed E-state index contributed by atoms with van der Waals surface area (Å²) >= 11 is 0. The van der Waals surface area contributed by atoms with Gasteiger partial charge in [-0.05, 0) is 90.4 Å². The summed E-state index contributed by atoms with van der Waals surface area (Å²) in [7, 11) is 4.26. The van der Waals surface area contributed by atoms with Gasteiger partial charge in [0.1, 0.15) is 0 Å². The van der Waals surface area contributed by atoms with Crippen LogP contribution in [0.25, 0.3) is 0 Å². The van der Waals surface area contributed by atoms with Crippen molar-refractivity contribution in [1.82, 2.24) is 20.1 Å². The molecule has 6 nitrogen and oxygen atoms in total. The largest absolute Gasteiger partial charge is 0.352 e. The Morgan fingerprint density at radius 1 is 1.06 bits per heavy atom. The van der Waals surface area contributed by atoms with Crippen molar-refractivity contribution in [2.45, 2.75) is 83.7 Å². The molecular formula is C26H40N4O2. The van der Waals surface area contributed by atoms with Gasteiger partial charge in [-0.15, -0.1) is 0 Å². The Labute approximate surface area is 193 Å². The highest BCUT2D eigenvalue weighted by atomic mass is 16.2. The topological polar surface area (TPSA) is 65.5 Å². The molecule has 32 heavy (non-hydrogen) atoms. The van der Waals surface area contributed by atoms with Crippen LogP contribution in [0.3, 0.4) is 0 Å². The second-order valence-electron chi connectivity index (χ2n) is 10.7. The van der Waals surface area contributed by atoms with Crippen molar-refractivity contribution in [3.05, 3.63) is 29.1 Å². The van der Waals surface area contributed by atoms with Gasteiger partial charge in [0.2, 0.25) is 5.91 Å². The Morgan fingerprint density at radius 2 is 1.78 bits per heavy atom. The van der Waals surface area contributed by atoms with Gasteiger partial charge in [0.05, 0.1) is 11.3 Å². The van der Waals surface area contributed by atoms with Crippen LogP contribution in [0.15, 0.2) is 12.1 Å². The van der Waals surface area contributed by atoms with E-state index in [1.54, 1.807) is 0 Å². The second kappa shape index (κ2) is 9.50. The van der Waals surface area contributed by atoms with Crippen molar-refractivity contribution in [1.29, 1.82) is 0 Å². The molecule has 3 atom stereocenters. The van der Waals surface area contributed by atoms with E-state index in [-0.39, 0.29) is 29.2 Å². The first-order valence-corrected chi connectivity index (χ1v) is 12.5. The van der Waals surface area contributed by atoms with Crippen LogP contribution in [-0.4, -0.2) is 65.9 Å². The smallest absolute Gasteiger partial charge is 0.255 e. The Balaban J connectivity index is 1.31. The Hall–Kier alpha value is -1.95. The number of piperidine rings is 1. The molecule has 0 aromatic carbocycles. The molecule has 6 heteroatoms. The van der Waals surface area contributed by atoms with E-state index in [1.165, 1.54) is 19.3 Å². The van der Waals surface area contributed by atoms with Crippen molar-refractivity contribution in [3.63, 3.8) is 0 Å². The van der Waals surface area contributed by atoms with Gasteiger partial charge in [-0.3, -0.25) is 14.6 Å². The Kier molecular flexibility index (Phi) is 6.89. The Morgan fingerprint density at radius 3 is 2.47 bits per heavy atom. The molecule has 1 saturated heterocycles. The second-order valence-corrected chi connectivity index (χ2v) is 10.7. The zero-order chi connectivity index (χ0) is 22.9. The normalized spacial score (nSPS) is 27.7. The zero-order valence-electron chi connectivity index (χ0n) is 20.3. The van der Waals surface area contributed by atoms with E-state index in [9.17, 15) is 9.59 Å². The van der Waals surface area contributed by atoms with Crippen LogP contribution in [0.5, 0.6) is 0 Å². The summed E-state index contributed by atoms with van der Waals surface area (Å²) in [5.41, 5.74) is 2.70. The summed E-state index contributed by atoms with van der Waals surface area (Å²) in [4.78, 5) is 34.9. The Bertz CT molecular complexity index is 844. The van der Waals surface area contributed by atoms with Gasteiger partial charge in [-0.1, -0.05) is 12.8 Å². The van der Waals surface area contributed by atoms with Crippen molar-refractivity contribution in [3.8, 4) is 0 Å². The van der Waals surface area contributed by atoms with Crippen LogP contribution in [0.2, 0.25) is 0 Å². The molecule has 2 amide bonds. The van der Waals surface area contributed by atoms with E-state index in [1.807, 2.05) is 30.9 Å². The molecule has 1 spiro atoms. The standard InChI is InChI=1S/C26H40N4O2/c1-18-9-10-21(19(2)27-18)25(32)30-15-13-26(14-16-30)12-11-20(17-26)24(31)28-22-7-5-6-8-23(22)29(3)4/h9-10,20,22-23H,5-8,11-17H2,1-4H3,(H,28,31)/t20-,22-,23-/m0/s1. The van der Waals surface area contributed by atoms with Crippen LogP contribution < -0.4 is 5.32 Å². The van der Waals surface area contributed by atoms with Gasteiger partial charge in [0.25, 0.3) is 5.91 Å².